The topological polar surface area (TPSA) is 49.8 Å². The van der Waals surface area contributed by atoms with Crippen molar-refractivity contribution in [3.8, 4) is 0 Å². The molecule has 2 N–H and O–H groups in total. The fourth-order valence-corrected chi connectivity index (χ4v) is 1.66. The molecule has 0 aliphatic rings. The summed E-state index contributed by atoms with van der Waals surface area (Å²) < 4.78 is 0. The van der Waals surface area contributed by atoms with Crippen LogP contribution >= 0.6 is 0 Å². The summed E-state index contributed by atoms with van der Waals surface area (Å²) in [6, 6.07) is 10.1. The Morgan fingerprint density at radius 1 is 0.947 bits per heavy atom. The standard InChI is InChI=1S/C15H20N4/c1-11-5-7-12(8-6-11)18-13-9-14(17-10-16-13)19-15(2,3)4/h5-10H,1-4H3,(H2,16,17,18,19). The van der Waals surface area contributed by atoms with Crippen molar-refractivity contribution in [2.24, 2.45) is 0 Å². The summed E-state index contributed by atoms with van der Waals surface area (Å²) in [7, 11) is 0. The van der Waals surface area contributed by atoms with Crippen LogP contribution in [0.25, 0.3) is 0 Å². The van der Waals surface area contributed by atoms with Gasteiger partial charge in [0, 0.05) is 17.3 Å². The maximum atomic E-state index is 4.22. The number of benzene rings is 1. The van der Waals surface area contributed by atoms with E-state index in [-0.39, 0.29) is 5.54 Å². The van der Waals surface area contributed by atoms with Crippen LogP contribution in [-0.4, -0.2) is 15.5 Å². The summed E-state index contributed by atoms with van der Waals surface area (Å²) in [6.45, 7) is 8.37. The van der Waals surface area contributed by atoms with E-state index in [1.165, 1.54) is 5.56 Å². The Morgan fingerprint density at radius 3 is 2.21 bits per heavy atom. The highest BCUT2D eigenvalue weighted by Gasteiger charge is 2.10. The zero-order chi connectivity index (χ0) is 13.9. The van der Waals surface area contributed by atoms with Crippen LogP contribution in [0.5, 0.6) is 0 Å². The zero-order valence-corrected chi connectivity index (χ0v) is 11.9. The molecule has 0 saturated heterocycles. The van der Waals surface area contributed by atoms with Crippen LogP contribution in [0, 0.1) is 6.92 Å². The molecule has 0 aliphatic carbocycles. The van der Waals surface area contributed by atoms with E-state index in [4.69, 9.17) is 0 Å². The molecule has 1 aromatic heterocycles. The minimum absolute atomic E-state index is 0.0184. The van der Waals surface area contributed by atoms with E-state index in [0.29, 0.717) is 0 Å². The Morgan fingerprint density at radius 2 is 1.58 bits per heavy atom. The Labute approximate surface area is 114 Å². The van der Waals surface area contributed by atoms with Crippen molar-refractivity contribution >= 4 is 17.3 Å². The lowest BCUT2D eigenvalue weighted by atomic mass is 10.1. The number of aromatic nitrogens is 2. The minimum atomic E-state index is -0.0184. The van der Waals surface area contributed by atoms with Crippen LogP contribution in [0.1, 0.15) is 26.3 Å². The molecule has 0 radical (unpaired) electrons. The number of anilines is 3. The first kappa shape index (κ1) is 13.3. The van der Waals surface area contributed by atoms with Crippen LogP contribution in [0.15, 0.2) is 36.7 Å². The molecule has 4 nitrogen and oxygen atoms in total. The maximum absolute atomic E-state index is 4.22. The number of nitrogens with zero attached hydrogens (tertiary/aromatic N) is 2. The van der Waals surface area contributed by atoms with Crippen molar-refractivity contribution in [2.75, 3.05) is 10.6 Å². The number of hydrogen-bond donors (Lipinski definition) is 2. The van der Waals surface area contributed by atoms with Crippen LogP contribution in [0.2, 0.25) is 0 Å². The maximum Gasteiger partial charge on any atom is 0.135 e. The molecule has 0 fully saturated rings. The number of rotatable bonds is 3. The van der Waals surface area contributed by atoms with Gasteiger partial charge >= 0.3 is 0 Å². The summed E-state index contributed by atoms with van der Waals surface area (Å²) in [5.41, 5.74) is 2.24. The highest BCUT2D eigenvalue weighted by atomic mass is 15.1. The second-order valence-electron chi connectivity index (χ2n) is 5.65. The van der Waals surface area contributed by atoms with Gasteiger partial charge in [-0.2, -0.15) is 0 Å². The molecule has 0 amide bonds. The smallest absolute Gasteiger partial charge is 0.135 e. The van der Waals surface area contributed by atoms with Gasteiger partial charge in [0.25, 0.3) is 0 Å². The van der Waals surface area contributed by atoms with Crippen molar-refractivity contribution in [3.63, 3.8) is 0 Å². The summed E-state index contributed by atoms with van der Waals surface area (Å²) in [5, 5.41) is 6.59. The van der Waals surface area contributed by atoms with E-state index in [0.717, 1.165) is 17.3 Å². The molecule has 2 rings (SSSR count). The molecule has 0 saturated carbocycles. The second-order valence-corrected chi connectivity index (χ2v) is 5.65. The van der Waals surface area contributed by atoms with E-state index >= 15 is 0 Å². The van der Waals surface area contributed by atoms with Crippen molar-refractivity contribution in [2.45, 2.75) is 33.2 Å². The van der Waals surface area contributed by atoms with Gasteiger partial charge in [0.1, 0.15) is 18.0 Å². The fraction of sp³-hybridized carbons (Fsp3) is 0.333. The lowest BCUT2D eigenvalue weighted by Gasteiger charge is -2.21. The third kappa shape index (κ3) is 4.25. The van der Waals surface area contributed by atoms with Gasteiger partial charge < -0.3 is 10.6 Å². The van der Waals surface area contributed by atoms with Crippen molar-refractivity contribution in [3.05, 3.63) is 42.2 Å². The van der Waals surface area contributed by atoms with Crippen LogP contribution in [-0.2, 0) is 0 Å². The van der Waals surface area contributed by atoms with Gasteiger partial charge in [-0.3, -0.25) is 0 Å². The fourth-order valence-electron chi connectivity index (χ4n) is 1.66. The van der Waals surface area contributed by atoms with Crippen LogP contribution in [0.4, 0.5) is 17.3 Å². The zero-order valence-electron chi connectivity index (χ0n) is 11.9. The normalized spacial score (nSPS) is 11.2. The van der Waals surface area contributed by atoms with E-state index < -0.39 is 0 Å². The lowest BCUT2D eigenvalue weighted by molar-refractivity contribution is 0.630. The molecule has 0 bridgehead atoms. The first-order chi connectivity index (χ1) is 8.92. The Hall–Kier alpha value is -2.10. The molecule has 0 aliphatic heterocycles. The first-order valence-corrected chi connectivity index (χ1v) is 6.36. The Bertz CT molecular complexity index is 541. The average Bonchev–Trinajstić information content (AvgIpc) is 2.30. The van der Waals surface area contributed by atoms with Gasteiger partial charge in [-0.15, -0.1) is 0 Å². The molecule has 1 aromatic carbocycles. The molecule has 0 atom stereocenters. The molecule has 0 unspecified atom stereocenters. The molecule has 0 spiro atoms. The Kier molecular flexibility index (Phi) is 3.69. The summed E-state index contributed by atoms with van der Waals surface area (Å²) >= 11 is 0. The van der Waals surface area contributed by atoms with Gasteiger partial charge in [-0.05, 0) is 39.8 Å². The highest BCUT2D eigenvalue weighted by Crippen LogP contribution is 2.18. The predicted molar refractivity (Wildman–Crippen MR) is 79.9 cm³/mol. The van der Waals surface area contributed by atoms with Crippen molar-refractivity contribution in [1.29, 1.82) is 0 Å². The monoisotopic (exact) mass is 256 g/mol. The third-order valence-corrected chi connectivity index (χ3v) is 2.49. The largest absolute Gasteiger partial charge is 0.365 e. The number of hydrogen-bond acceptors (Lipinski definition) is 4. The van der Waals surface area contributed by atoms with Crippen molar-refractivity contribution < 1.29 is 0 Å². The average molecular weight is 256 g/mol. The van der Waals surface area contributed by atoms with Gasteiger partial charge in [-0.1, -0.05) is 17.7 Å². The molecule has 100 valence electrons. The third-order valence-electron chi connectivity index (χ3n) is 2.49. The number of nitrogens with one attached hydrogen (secondary N) is 2. The van der Waals surface area contributed by atoms with Gasteiger partial charge in [-0.25, -0.2) is 9.97 Å². The summed E-state index contributed by atoms with van der Waals surface area (Å²) in [4.78, 5) is 8.44. The van der Waals surface area contributed by atoms with E-state index in [2.05, 4.69) is 60.4 Å². The molecule has 4 heteroatoms. The molecule has 2 aromatic rings. The Balaban J connectivity index is 2.13. The van der Waals surface area contributed by atoms with Crippen LogP contribution in [0.3, 0.4) is 0 Å². The lowest BCUT2D eigenvalue weighted by Crippen LogP contribution is -2.26. The van der Waals surface area contributed by atoms with Gasteiger partial charge in [0.2, 0.25) is 0 Å². The predicted octanol–water partition coefficient (Wildman–Crippen LogP) is 3.74. The van der Waals surface area contributed by atoms with Gasteiger partial charge in [0.05, 0.1) is 0 Å². The second kappa shape index (κ2) is 5.26. The van der Waals surface area contributed by atoms with E-state index in [1.807, 2.05) is 18.2 Å². The first-order valence-electron chi connectivity index (χ1n) is 6.36. The highest BCUT2D eigenvalue weighted by molar-refractivity contribution is 5.59. The van der Waals surface area contributed by atoms with Crippen molar-refractivity contribution in [1.82, 2.24) is 9.97 Å². The molecular formula is C15H20N4. The number of aryl methyl sites for hydroxylation is 1. The van der Waals surface area contributed by atoms with Crippen LogP contribution < -0.4 is 10.6 Å². The van der Waals surface area contributed by atoms with E-state index in [1.54, 1.807) is 6.33 Å². The SMILES string of the molecule is Cc1ccc(Nc2cc(NC(C)(C)C)ncn2)cc1. The van der Waals surface area contributed by atoms with Gasteiger partial charge in [0.15, 0.2) is 0 Å². The molecular weight excluding hydrogens is 236 g/mol. The molecule has 1 heterocycles. The quantitative estimate of drug-likeness (QED) is 0.878. The minimum Gasteiger partial charge on any atom is -0.365 e. The summed E-state index contributed by atoms with van der Waals surface area (Å²) in [5.74, 6) is 1.60. The van der Waals surface area contributed by atoms with E-state index in [9.17, 15) is 0 Å². The molecule has 19 heavy (non-hydrogen) atoms. The summed E-state index contributed by atoms with van der Waals surface area (Å²) in [6.07, 6.45) is 1.56.